The van der Waals surface area contributed by atoms with Crippen molar-refractivity contribution in [1.29, 1.82) is 0 Å². The van der Waals surface area contributed by atoms with E-state index in [-0.39, 0.29) is 5.78 Å². The van der Waals surface area contributed by atoms with E-state index in [1.807, 2.05) is 18.2 Å². The average Bonchev–Trinajstić information content (AvgIpc) is 2.47. The number of benzene rings is 2. The van der Waals surface area contributed by atoms with Crippen molar-refractivity contribution in [1.82, 2.24) is 0 Å². The van der Waals surface area contributed by atoms with Gasteiger partial charge in [-0.25, -0.2) is 4.79 Å². The highest BCUT2D eigenvalue weighted by Crippen LogP contribution is 2.22. The minimum atomic E-state index is -0.396. The van der Waals surface area contributed by atoms with Gasteiger partial charge in [0.05, 0.1) is 12.2 Å². The fourth-order valence-corrected chi connectivity index (χ4v) is 2.34. The Morgan fingerprint density at radius 2 is 1.75 bits per heavy atom. The molecule has 0 unspecified atom stereocenters. The zero-order valence-corrected chi connectivity index (χ0v) is 12.5. The monoisotopic (exact) mass is 332 g/mol. The van der Waals surface area contributed by atoms with Crippen LogP contribution >= 0.6 is 15.9 Å². The lowest BCUT2D eigenvalue weighted by molar-refractivity contribution is 0.0526. The Balaban J connectivity index is 2.31. The predicted octanol–water partition coefficient (Wildman–Crippen LogP) is 3.86. The van der Waals surface area contributed by atoms with Gasteiger partial charge in [0.25, 0.3) is 0 Å². The van der Waals surface area contributed by atoms with Crippen LogP contribution in [0.3, 0.4) is 0 Å². The Morgan fingerprint density at radius 3 is 2.35 bits per heavy atom. The summed E-state index contributed by atoms with van der Waals surface area (Å²) in [6.45, 7) is 2.07. The van der Waals surface area contributed by atoms with Gasteiger partial charge in [0, 0.05) is 15.6 Å². The van der Waals surface area contributed by atoms with Crippen molar-refractivity contribution in [3.05, 3.63) is 69.7 Å². The highest BCUT2D eigenvalue weighted by atomic mass is 79.9. The van der Waals surface area contributed by atoms with Crippen LogP contribution in [0.4, 0.5) is 0 Å². The van der Waals surface area contributed by atoms with E-state index in [4.69, 9.17) is 4.74 Å². The second-order valence-electron chi connectivity index (χ2n) is 4.11. The first-order valence-corrected chi connectivity index (χ1v) is 6.99. The van der Waals surface area contributed by atoms with Gasteiger partial charge in [-0.1, -0.05) is 46.3 Å². The number of ether oxygens (including phenoxy) is 1. The zero-order valence-electron chi connectivity index (χ0n) is 10.9. The third kappa shape index (κ3) is 3.14. The fourth-order valence-electron chi connectivity index (χ4n) is 1.79. The lowest BCUT2D eigenvalue weighted by Crippen LogP contribution is -2.07. The van der Waals surface area contributed by atoms with Crippen molar-refractivity contribution in [2.75, 3.05) is 6.61 Å². The molecular weight excluding hydrogens is 320 g/mol. The maximum Gasteiger partial charge on any atom is 0.338 e. The molecule has 0 saturated carbocycles. The number of ketones is 1. The normalized spacial score (nSPS) is 10.1. The van der Waals surface area contributed by atoms with Crippen molar-refractivity contribution >= 4 is 27.7 Å². The molecule has 102 valence electrons. The molecule has 0 aliphatic heterocycles. The summed E-state index contributed by atoms with van der Waals surface area (Å²) in [7, 11) is 0. The molecule has 0 aliphatic carbocycles. The van der Waals surface area contributed by atoms with E-state index in [0.29, 0.717) is 27.8 Å². The van der Waals surface area contributed by atoms with Crippen LogP contribution in [0.1, 0.15) is 33.2 Å². The van der Waals surface area contributed by atoms with Gasteiger partial charge < -0.3 is 4.74 Å². The van der Waals surface area contributed by atoms with Gasteiger partial charge in [0.2, 0.25) is 0 Å². The molecule has 0 bridgehead atoms. The Labute approximate surface area is 125 Å². The molecule has 2 aromatic carbocycles. The van der Waals surface area contributed by atoms with E-state index in [2.05, 4.69) is 15.9 Å². The quantitative estimate of drug-likeness (QED) is 0.630. The Kier molecular flexibility index (Phi) is 4.69. The summed E-state index contributed by atoms with van der Waals surface area (Å²) in [4.78, 5) is 23.9. The van der Waals surface area contributed by atoms with Crippen LogP contribution in [0.5, 0.6) is 0 Å². The summed E-state index contributed by atoms with van der Waals surface area (Å²) < 4.78 is 5.50. The molecule has 0 fully saturated rings. The summed E-state index contributed by atoms with van der Waals surface area (Å²) in [6, 6.07) is 13.8. The van der Waals surface area contributed by atoms with Crippen molar-refractivity contribution < 1.29 is 14.3 Å². The number of rotatable bonds is 4. The Bertz CT molecular complexity index is 635. The summed E-state index contributed by atoms with van der Waals surface area (Å²) in [6.07, 6.45) is 0. The molecule has 2 aromatic rings. The van der Waals surface area contributed by atoms with Gasteiger partial charge in [-0.3, -0.25) is 4.79 Å². The number of esters is 1. The smallest absolute Gasteiger partial charge is 0.338 e. The molecule has 0 N–H and O–H groups in total. The molecule has 0 aliphatic rings. The van der Waals surface area contributed by atoms with Gasteiger partial charge in [0.15, 0.2) is 5.78 Å². The lowest BCUT2D eigenvalue weighted by atomic mass is 10.0. The van der Waals surface area contributed by atoms with E-state index in [1.54, 1.807) is 37.3 Å². The maximum absolute atomic E-state index is 12.3. The van der Waals surface area contributed by atoms with E-state index in [1.165, 1.54) is 0 Å². The molecule has 4 heteroatoms. The zero-order chi connectivity index (χ0) is 14.5. The molecule has 0 amide bonds. The van der Waals surface area contributed by atoms with Crippen LogP contribution < -0.4 is 0 Å². The van der Waals surface area contributed by atoms with E-state index in [9.17, 15) is 9.59 Å². The molecule has 0 saturated heterocycles. The van der Waals surface area contributed by atoms with Crippen molar-refractivity contribution in [3.63, 3.8) is 0 Å². The Morgan fingerprint density at radius 1 is 1.05 bits per heavy atom. The average molecular weight is 333 g/mol. The molecule has 3 nitrogen and oxygen atoms in total. The minimum Gasteiger partial charge on any atom is -0.462 e. The summed E-state index contributed by atoms with van der Waals surface area (Å²) >= 11 is 3.34. The van der Waals surface area contributed by atoms with Crippen LogP contribution in [0.25, 0.3) is 0 Å². The molecule has 0 spiro atoms. The summed E-state index contributed by atoms with van der Waals surface area (Å²) in [5.74, 6) is -0.486. The molecule has 0 atom stereocenters. The van der Waals surface area contributed by atoms with Crippen LogP contribution in [-0.2, 0) is 4.74 Å². The van der Waals surface area contributed by atoms with Crippen LogP contribution in [-0.4, -0.2) is 18.4 Å². The summed E-state index contributed by atoms with van der Waals surface area (Å²) in [5, 5.41) is 0. The highest BCUT2D eigenvalue weighted by Gasteiger charge is 2.15. The molecule has 0 heterocycles. The summed E-state index contributed by atoms with van der Waals surface area (Å²) in [5.41, 5.74) is 1.55. The standard InChI is InChI=1S/C16H13BrO3/c1-2-20-16(19)12-8-9-13(14(17)10-12)15(18)11-6-4-3-5-7-11/h3-10H,2H2,1H3. The topological polar surface area (TPSA) is 43.4 Å². The molecule has 2 rings (SSSR count). The third-order valence-electron chi connectivity index (χ3n) is 2.76. The molecule has 0 radical (unpaired) electrons. The fraction of sp³-hybridized carbons (Fsp3) is 0.125. The first kappa shape index (κ1) is 14.5. The third-order valence-corrected chi connectivity index (χ3v) is 3.42. The van der Waals surface area contributed by atoms with Gasteiger partial charge in [-0.15, -0.1) is 0 Å². The molecule has 20 heavy (non-hydrogen) atoms. The number of hydrogen-bond donors (Lipinski definition) is 0. The predicted molar refractivity (Wildman–Crippen MR) is 80.0 cm³/mol. The lowest BCUT2D eigenvalue weighted by Gasteiger charge is -2.06. The second-order valence-corrected chi connectivity index (χ2v) is 4.96. The van der Waals surface area contributed by atoms with Crippen LogP contribution in [0, 0.1) is 0 Å². The van der Waals surface area contributed by atoms with Gasteiger partial charge in [0.1, 0.15) is 0 Å². The number of halogens is 1. The van der Waals surface area contributed by atoms with Crippen LogP contribution in [0.15, 0.2) is 53.0 Å². The van der Waals surface area contributed by atoms with Crippen molar-refractivity contribution in [2.24, 2.45) is 0 Å². The first-order valence-electron chi connectivity index (χ1n) is 6.20. The van der Waals surface area contributed by atoms with Gasteiger partial charge in [-0.2, -0.15) is 0 Å². The molecular formula is C16H13BrO3. The van der Waals surface area contributed by atoms with Gasteiger partial charge >= 0.3 is 5.97 Å². The van der Waals surface area contributed by atoms with E-state index < -0.39 is 5.97 Å². The number of carbonyl (C=O) groups excluding carboxylic acids is 2. The highest BCUT2D eigenvalue weighted by molar-refractivity contribution is 9.10. The van der Waals surface area contributed by atoms with Crippen molar-refractivity contribution in [2.45, 2.75) is 6.92 Å². The minimum absolute atomic E-state index is 0.0899. The maximum atomic E-state index is 12.3. The first-order chi connectivity index (χ1) is 9.63. The molecule has 0 aromatic heterocycles. The SMILES string of the molecule is CCOC(=O)c1ccc(C(=O)c2ccccc2)c(Br)c1. The van der Waals surface area contributed by atoms with Gasteiger partial charge in [-0.05, 0) is 25.1 Å². The van der Waals surface area contributed by atoms with E-state index in [0.717, 1.165) is 0 Å². The number of hydrogen-bond acceptors (Lipinski definition) is 3. The van der Waals surface area contributed by atoms with Crippen LogP contribution in [0.2, 0.25) is 0 Å². The van der Waals surface area contributed by atoms with E-state index >= 15 is 0 Å². The number of carbonyl (C=O) groups is 2. The second kappa shape index (κ2) is 6.48. The Hall–Kier alpha value is -1.94. The van der Waals surface area contributed by atoms with Crippen molar-refractivity contribution in [3.8, 4) is 0 Å². The largest absolute Gasteiger partial charge is 0.462 e.